The maximum Gasteiger partial charge on any atom is 0.251 e. The van der Waals surface area contributed by atoms with Crippen molar-refractivity contribution in [3.05, 3.63) is 70.2 Å². The van der Waals surface area contributed by atoms with E-state index < -0.39 is 29.5 Å². The maximum absolute atomic E-state index is 13.1. The summed E-state index contributed by atoms with van der Waals surface area (Å²) in [7, 11) is 0. The van der Waals surface area contributed by atoms with E-state index in [0.717, 1.165) is 12.1 Å². The van der Waals surface area contributed by atoms with E-state index in [9.17, 15) is 18.4 Å². The summed E-state index contributed by atoms with van der Waals surface area (Å²) in [5, 5.41) is 5.07. The summed E-state index contributed by atoms with van der Waals surface area (Å²) in [5.41, 5.74) is 0.891. The van der Waals surface area contributed by atoms with Crippen LogP contribution in [-0.2, 0) is 4.79 Å². The van der Waals surface area contributed by atoms with Gasteiger partial charge < -0.3 is 10.6 Å². The number of carbonyl (C=O) groups excluding carboxylic acids is 2. The van der Waals surface area contributed by atoms with Crippen LogP contribution in [0.15, 0.2) is 42.5 Å². The third-order valence-electron chi connectivity index (χ3n) is 3.34. The van der Waals surface area contributed by atoms with Crippen molar-refractivity contribution in [2.75, 3.05) is 6.54 Å². The summed E-state index contributed by atoms with van der Waals surface area (Å²) in [6.45, 7) is 1.47. The highest BCUT2D eigenvalue weighted by molar-refractivity contribution is 6.30. The molecule has 7 heteroatoms. The van der Waals surface area contributed by atoms with E-state index in [4.69, 9.17) is 11.6 Å². The molecule has 0 saturated carbocycles. The quantitative estimate of drug-likeness (QED) is 0.868. The van der Waals surface area contributed by atoms with Gasteiger partial charge in [0.05, 0.1) is 17.6 Å². The minimum atomic E-state index is -0.537. The molecule has 0 heterocycles. The molecule has 0 aromatic heterocycles. The van der Waals surface area contributed by atoms with Crippen LogP contribution in [0.1, 0.15) is 28.9 Å². The lowest BCUT2D eigenvalue weighted by atomic mass is 10.1. The normalized spacial score (nSPS) is 11.7. The summed E-state index contributed by atoms with van der Waals surface area (Å²) in [5.74, 6) is -1.89. The molecule has 0 spiro atoms. The van der Waals surface area contributed by atoms with E-state index in [2.05, 4.69) is 10.6 Å². The molecule has 0 aliphatic heterocycles. The average molecular weight is 353 g/mol. The van der Waals surface area contributed by atoms with Crippen LogP contribution in [0.25, 0.3) is 0 Å². The fourth-order valence-electron chi connectivity index (χ4n) is 2.02. The molecule has 1 unspecified atom stereocenters. The maximum atomic E-state index is 13.1. The second-order valence-corrected chi connectivity index (χ2v) is 5.56. The smallest absolute Gasteiger partial charge is 0.251 e. The molecule has 126 valence electrons. The lowest BCUT2D eigenvalue weighted by Gasteiger charge is -2.15. The number of rotatable bonds is 5. The van der Waals surface area contributed by atoms with Crippen molar-refractivity contribution >= 4 is 23.4 Å². The predicted molar refractivity (Wildman–Crippen MR) is 86.7 cm³/mol. The lowest BCUT2D eigenvalue weighted by molar-refractivity contribution is -0.120. The molecule has 2 aromatic rings. The topological polar surface area (TPSA) is 58.2 Å². The van der Waals surface area contributed by atoms with E-state index >= 15 is 0 Å². The van der Waals surface area contributed by atoms with E-state index in [1.807, 2.05) is 0 Å². The van der Waals surface area contributed by atoms with Crippen LogP contribution in [0.3, 0.4) is 0 Å². The highest BCUT2D eigenvalue weighted by Gasteiger charge is 2.13. The van der Waals surface area contributed by atoms with Crippen LogP contribution in [0.4, 0.5) is 8.78 Å². The molecule has 0 saturated heterocycles. The lowest BCUT2D eigenvalue weighted by Crippen LogP contribution is -2.38. The summed E-state index contributed by atoms with van der Waals surface area (Å²) in [6, 6.07) is 8.74. The van der Waals surface area contributed by atoms with Crippen LogP contribution in [0.5, 0.6) is 0 Å². The highest BCUT2D eigenvalue weighted by Crippen LogP contribution is 2.20. The van der Waals surface area contributed by atoms with E-state index in [0.29, 0.717) is 5.56 Å². The second kappa shape index (κ2) is 7.88. The molecule has 2 aromatic carbocycles. The number of nitrogens with one attached hydrogen (secondary N) is 2. The van der Waals surface area contributed by atoms with Gasteiger partial charge in [-0.05, 0) is 48.9 Å². The van der Waals surface area contributed by atoms with Crippen LogP contribution in [0.2, 0.25) is 5.02 Å². The monoisotopic (exact) mass is 352 g/mol. The number of hydrogen-bond donors (Lipinski definition) is 2. The Morgan fingerprint density at radius 1 is 1.12 bits per heavy atom. The third-order valence-corrected chi connectivity index (χ3v) is 3.63. The minimum Gasteiger partial charge on any atom is -0.348 e. The molecule has 1 atom stereocenters. The van der Waals surface area contributed by atoms with Crippen molar-refractivity contribution in [2.45, 2.75) is 13.0 Å². The van der Waals surface area contributed by atoms with Crippen molar-refractivity contribution in [1.29, 1.82) is 0 Å². The third kappa shape index (κ3) is 4.76. The van der Waals surface area contributed by atoms with Gasteiger partial charge in [-0.3, -0.25) is 9.59 Å². The average Bonchev–Trinajstić information content (AvgIpc) is 2.55. The Balaban J connectivity index is 1.87. The summed E-state index contributed by atoms with van der Waals surface area (Å²) < 4.78 is 25.9. The molecular formula is C17H15ClF2N2O2. The second-order valence-electron chi connectivity index (χ2n) is 5.15. The first-order valence-electron chi connectivity index (χ1n) is 7.15. The minimum absolute atomic E-state index is 0.0294. The van der Waals surface area contributed by atoms with Crippen LogP contribution in [-0.4, -0.2) is 18.4 Å². The van der Waals surface area contributed by atoms with Crippen molar-refractivity contribution < 1.29 is 18.4 Å². The van der Waals surface area contributed by atoms with Gasteiger partial charge in [-0.15, -0.1) is 0 Å². The highest BCUT2D eigenvalue weighted by atomic mass is 35.5. The summed E-state index contributed by atoms with van der Waals surface area (Å²) >= 11 is 5.70. The van der Waals surface area contributed by atoms with E-state index in [1.54, 1.807) is 6.92 Å². The number of carbonyl (C=O) groups is 2. The Labute approximate surface area is 142 Å². The molecule has 0 bridgehead atoms. The molecule has 24 heavy (non-hydrogen) atoms. The van der Waals surface area contributed by atoms with Crippen LogP contribution >= 0.6 is 11.6 Å². The van der Waals surface area contributed by atoms with Crippen LogP contribution < -0.4 is 10.6 Å². The molecule has 0 aliphatic rings. The van der Waals surface area contributed by atoms with Gasteiger partial charge in [-0.1, -0.05) is 17.7 Å². The molecule has 4 nitrogen and oxygen atoms in total. The molecule has 2 amide bonds. The van der Waals surface area contributed by atoms with Gasteiger partial charge in [0.25, 0.3) is 5.91 Å². The van der Waals surface area contributed by atoms with Gasteiger partial charge in [-0.2, -0.15) is 0 Å². The largest absolute Gasteiger partial charge is 0.348 e. The molecule has 2 rings (SSSR count). The number of benzene rings is 2. The van der Waals surface area contributed by atoms with Crippen molar-refractivity contribution in [1.82, 2.24) is 10.6 Å². The van der Waals surface area contributed by atoms with Crippen LogP contribution in [0, 0.1) is 11.6 Å². The molecule has 0 aliphatic carbocycles. The van der Waals surface area contributed by atoms with Crippen molar-refractivity contribution in [2.24, 2.45) is 0 Å². The first-order valence-corrected chi connectivity index (χ1v) is 7.52. The zero-order chi connectivity index (χ0) is 17.7. The van der Waals surface area contributed by atoms with E-state index in [-0.39, 0.29) is 17.1 Å². The van der Waals surface area contributed by atoms with Gasteiger partial charge in [-0.25, -0.2) is 8.78 Å². The Morgan fingerprint density at radius 2 is 1.79 bits per heavy atom. The Hall–Kier alpha value is -2.47. The van der Waals surface area contributed by atoms with Crippen molar-refractivity contribution in [3.8, 4) is 0 Å². The standard InChI is InChI=1S/C17H15ClF2N2O2/c1-10(12-4-7-15(20)14(18)8-12)22-16(23)9-21-17(24)11-2-5-13(19)6-3-11/h2-8,10H,9H2,1H3,(H,21,24)(H,22,23). The first-order chi connectivity index (χ1) is 11.4. The Kier molecular flexibility index (Phi) is 5.87. The number of hydrogen-bond acceptors (Lipinski definition) is 2. The number of halogens is 3. The zero-order valence-electron chi connectivity index (χ0n) is 12.8. The fraction of sp³-hybridized carbons (Fsp3) is 0.176. The van der Waals surface area contributed by atoms with E-state index in [1.165, 1.54) is 30.3 Å². The van der Waals surface area contributed by atoms with Gasteiger partial charge in [0.1, 0.15) is 11.6 Å². The Bertz CT molecular complexity index is 751. The fourth-order valence-corrected chi connectivity index (χ4v) is 2.21. The molecule has 2 N–H and O–H groups in total. The van der Waals surface area contributed by atoms with Gasteiger partial charge in [0.2, 0.25) is 5.91 Å². The molecule has 0 radical (unpaired) electrons. The van der Waals surface area contributed by atoms with Gasteiger partial charge in [0.15, 0.2) is 0 Å². The van der Waals surface area contributed by atoms with Gasteiger partial charge in [0, 0.05) is 5.56 Å². The van der Waals surface area contributed by atoms with Gasteiger partial charge >= 0.3 is 0 Å². The zero-order valence-corrected chi connectivity index (χ0v) is 13.5. The summed E-state index contributed by atoms with van der Waals surface area (Å²) in [4.78, 5) is 23.7. The predicted octanol–water partition coefficient (Wildman–Crippen LogP) is 3.23. The number of amides is 2. The SMILES string of the molecule is CC(NC(=O)CNC(=O)c1ccc(F)cc1)c1ccc(F)c(Cl)c1. The van der Waals surface area contributed by atoms with Crippen molar-refractivity contribution in [3.63, 3.8) is 0 Å². The Morgan fingerprint density at radius 3 is 2.42 bits per heavy atom. The first kappa shape index (κ1) is 17.9. The molecular weight excluding hydrogens is 338 g/mol. The molecule has 0 fully saturated rings. The summed E-state index contributed by atoms with van der Waals surface area (Å²) in [6.07, 6.45) is 0.